The van der Waals surface area contributed by atoms with E-state index in [0.29, 0.717) is 33.5 Å². The molecule has 7 nitrogen and oxygen atoms in total. The number of aromatic nitrogens is 1. The molecule has 4 N–H and O–H groups in total. The van der Waals surface area contributed by atoms with Gasteiger partial charge in [0.25, 0.3) is 0 Å². The Kier molecular flexibility index (Phi) is 5.36. The summed E-state index contributed by atoms with van der Waals surface area (Å²) >= 11 is 0. The van der Waals surface area contributed by atoms with E-state index in [1.807, 2.05) is 31.2 Å². The Morgan fingerprint density at radius 2 is 1.90 bits per heavy atom. The van der Waals surface area contributed by atoms with Crippen LogP contribution in [0.2, 0.25) is 0 Å². The summed E-state index contributed by atoms with van der Waals surface area (Å²) < 4.78 is 18.8. The minimum absolute atomic E-state index is 0.170. The van der Waals surface area contributed by atoms with E-state index in [2.05, 4.69) is 15.8 Å². The number of benzene rings is 3. The van der Waals surface area contributed by atoms with E-state index in [0.717, 1.165) is 11.1 Å². The van der Waals surface area contributed by atoms with Gasteiger partial charge in [-0.15, -0.1) is 0 Å². The molecule has 4 aromatic rings. The van der Waals surface area contributed by atoms with Crippen molar-refractivity contribution in [3.05, 3.63) is 83.2 Å². The summed E-state index contributed by atoms with van der Waals surface area (Å²) in [4.78, 5) is 24.2. The van der Waals surface area contributed by atoms with Crippen LogP contribution in [-0.4, -0.2) is 17.1 Å². The number of primary amides is 1. The zero-order chi connectivity index (χ0) is 22.0. The van der Waals surface area contributed by atoms with E-state index in [9.17, 15) is 14.0 Å². The Labute approximate surface area is 177 Å². The first-order valence-corrected chi connectivity index (χ1v) is 9.51. The number of carbonyl (C=O) groups excluding carboxylic acids is 2. The van der Waals surface area contributed by atoms with E-state index >= 15 is 0 Å². The number of nitrogens with one attached hydrogen (secondary N) is 2. The third-order valence-corrected chi connectivity index (χ3v) is 4.88. The molecule has 0 atom stereocenters. The van der Waals surface area contributed by atoms with Gasteiger partial charge in [-0.05, 0) is 42.3 Å². The first-order chi connectivity index (χ1) is 14.9. The number of rotatable bonds is 5. The molecule has 31 heavy (non-hydrogen) atoms. The molecule has 0 bridgehead atoms. The lowest BCUT2D eigenvalue weighted by Gasteiger charge is -2.11. The maximum atomic E-state index is 13.3. The molecule has 0 saturated heterocycles. The quantitative estimate of drug-likeness (QED) is 0.447. The highest BCUT2D eigenvalue weighted by atomic mass is 19.1. The molecule has 0 aliphatic heterocycles. The minimum Gasteiger partial charge on any atom is -0.366 e. The molecule has 1 heterocycles. The molecule has 1 aromatic heterocycles. The van der Waals surface area contributed by atoms with Gasteiger partial charge in [-0.3, -0.25) is 4.79 Å². The van der Waals surface area contributed by atoms with Gasteiger partial charge in [0.05, 0.1) is 10.9 Å². The van der Waals surface area contributed by atoms with Gasteiger partial charge in [0, 0.05) is 17.8 Å². The van der Waals surface area contributed by atoms with Gasteiger partial charge in [0.15, 0.2) is 5.58 Å². The van der Waals surface area contributed by atoms with Gasteiger partial charge in [-0.1, -0.05) is 41.6 Å². The first kappa shape index (κ1) is 20.1. The minimum atomic E-state index is -0.584. The highest BCUT2D eigenvalue weighted by Crippen LogP contribution is 2.34. The largest absolute Gasteiger partial charge is 0.366 e. The topological polar surface area (TPSA) is 110 Å². The smallest absolute Gasteiger partial charge is 0.319 e. The maximum absolute atomic E-state index is 13.3. The second kappa shape index (κ2) is 8.27. The summed E-state index contributed by atoms with van der Waals surface area (Å²) in [6, 6.07) is 15.8. The van der Waals surface area contributed by atoms with Crippen LogP contribution in [0.4, 0.5) is 14.9 Å². The van der Waals surface area contributed by atoms with Crippen molar-refractivity contribution in [1.82, 2.24) is 10.5 Å². The molecule has 0 aliphatic rings. The van der Waals surface area contributed by atoms with Gasteiger partial charge in [-0.25, -0.2) is 9.18 Å². The number of carbonyl (C=O) groups is 2. The number of aryl methyl sites for hydroxylation is 1. The van der Waals surface area contributed by atoms with Gasteiger partial charge >= 0.3 is 6.03 Å². The molecule has 0 aliphatic carbocycles. The average molecular weight is 418 g/mol. The highest BCUT2D eigenvalue weighted by Gasteiger charge is 2.20. The van der Waals surface area contributed by atoms with Crippen LogP contribution in [0.5, 0.6) is 0 Å². The molecule has 4 rings (SSSR count). The summed E-state index contributed by atoms with van der Waals surface area (Å²) in [6.07, 6.45) is 0. The zero-order valence-corrected chi connectivity index (χ0v) is 16.6. The summed E-state index contributed by atoms with van der Waals surface area (Å²) in [5.74, 6) is -1.03. The number of hydrogen-bond donors (Lipinski definition) is 3. The molecular weight excluding hydrogens is 399 g/mol. The molecule has 3 amide bonds. The number of amides is 3. The van der Waals surface area contributed by atoms with Crippen molar-refractivity contribution in [2.24, 2.45) is 5.73 Å². The Bertz CT molecular complexity index is 1300. The number of nitrogens with two attached hydrogens (primary N) is 1. The normalized spacial score (nSPS) is 10.8. The van der Waals surface area contributed by atoms with Gasteiger partial charge in [0.2, 0.25) is 5.91 Å². The second-order valence-electron chi connectivity index (χ2n) is 7.00. The van der Waals surface area contributed by atoms with Crippen LogP contribution in [-0.2, 0) is 6.54 Å². The fourth-order valence-electron chi connectivity index (χ4n) is 3.39. The van der Waals surface area contributed by atoms with Crippen molar-refractivity contribution < 1.29 is 18.5 Å². The molecule has 0 radical (unpaired) electrons. The standard InChI is InChI=1S/C23H19FN4O3/c1-13-9-10-18(22(25)29)19-20(28-31-21(13)19)17-8-3-2-5-14(17)12-26-23(30)27-16-7-4-6-15(24)11-16/h2-11H,12H2,1H3,(H2,25,29)(H2,26,27,30). The molecule has 3 aromatic carbocycles. The van der Waals surface area contributed by atoms with Crippen molar-refractivity contribution in [2.75, 3.05) is 5.32 Å². The van der Waals surface area contributed by atoms with Crippen LogP contribution in [0.15, 0.2) is 65.2 Å². The predicted molar refractivity (Wildman–Crippen MR) is 115 cm³/mol. The molecule has 0 spiro atoms. The monoisotopic (exact) mass is 418 g/mol. The average Bonchev–Trinajstić information content (AvgIpc) is 3.18. The van der Waals surface area contributed by atoms with Gasteiger partial charge < -0.3 is 20.9 Å². The van der Waals surface area contributed by atoms with Crippen LogP contribution >= 0.6 is 0 Å². The Morgan fingerprint density at radius 1 is 1.10 bits per heavy atom. The number of urea groups is 1. The predicted octanol–water partition coefficient (Wildman–Crippen LogP) is 4.36. The van der Waals surface area contributed by atoms with Crippen molar-refractivity contribution in [3.8, 4) is 11.3 Å². The number of nitrogens with zero attached hydrogens (tertiary/aromatic N) is 1. The lowest BCUT2D eigenvalue weighted by molar-refractivity contribution is 0.100. The fraction of sp³-hybridized carbons (Fsp3) is 0.0870. The number of fused-ring (bicyclic) bond motifs is 1. The van der Waals surface area contributed by atoms with Crippen molar-refractivity contribution in [2.45, 2.75) is 13.5 Å². The van der Waals surface area contributed by atoms with Crippen LogP contribution in [0.3, 0.4) is 0 Å². The van der Waals surface area contributed by atoms with Crippen molar-refractivity contribution >= 4 is 28.6 Å². The van der Waals surface area contributed by atoms with E-state index in [1.54, 1.807) is 18.2 Å². The van der Waals surface area contributed by atoms with E-state index in [-0.39, 0.29) is 6.54 Å². The fourth-order valence-corrected chi connectivity index (χ4v) is 3.39. The van der Waals surface area contributed by atoms with Crippen LogP contribution in [0.1, 0.15) is 21.5 Å². The Morgan fingerprint density at radius 3 is 2.68 bits per heavy atom. The third-order valence-electron chi connectivity index (χ3n) is 4.88. The molecule has 0 fully saturated rings. The van der Waals surface area contributed by atoms with Gasteiger partial charge in [0.1, 0.15) is 11.5 Å². The summed E-state index contributed by atoms with van der Waals surface area (Å²) in [7, 11) is 0. The zero-order valence-electron chi connectivity index (χ0n) is 16.6. The first-order valence-electron chi connectivity index (χ1n) is 9.51. The van der Waals surface area contributed by atoms with E-state index < -0.39 is 17.8 Å². The number of halogens is 1. The summed E-state index contributed by atoms with van der Waals surface area (Å²) in [5, 5.41) is 10.0. The van der Waals surface area contributed by atoms with Crippen LogP contribution in [0.25, 0.3) is 22.2 Å². The summed E-state index contributed by atoms with van der Waals surface area (Å²) in [5.41, 5.74) is 9.43. The second-order valence-corrected chi connectivity index (χ2v) is 7.00. The molecule has 0 unspecified atom stereocenters. The lowest BCUT2D eigenvalue weighted by atomic mass is 9.97. The molecular formula is C23H19FN4O3. The lowest BCUT2D eigenvalue weighted by Crippen LogP contribution is -2.28. The van der Waals surface area contributed by atoms with E-state index in [1.165, 1.54) is 18.2 Å². The van der Waals surface area contributed by atoms with Gasteiger partial charge in [-0.2, -0.15) is 0 Å². The Hall–Kier alpha value is -4.20. The number of anilines is 1. The highest BCUT2D eigenvalue weighted by molar-refractivity contribution is 6.10. The third kappa shape index (κ3) is 4.09. The molecule has 0 saturated carbocycles. The summed E-state index contributed by atoms with van der Waals surface area (Å²) in [6.45, 7) is 2.02. The van der Waals surface area contributed by atoms with E-state index in [4.69, 9.17) is 10.3 Å². The Balaban J connectivity index is 1.63. The van der Waals surface area contributed by atoms with Crippen LogP contribution < -0.4 is 16.4 Å². The maximum Gasteiger partial charge on any atom is 0.319 e. The van der Waals surface area contributed by atoms with Crippen LogP contribution in [0, 0.1) is 12.7 Å². The number of hydrogen-bond acceptors (Lipinski definition) is 4. The van der Waals surface area contributed by atoms with Crippen molar-refractivity contribution in [1.29, 1.82) is 0 Å². The molecule has 156 valence electrons. The molecule has 8 heteroatoms. The SMILES string of the molecule is Cc1ccc(C(N)=O)c2c(-c3ccccc3CNC(=O)Nc3cccc(F)c3)noc12. The van der Waals surface area contributed by atoms with Crippen molar-refractivity contribution in [3.63, 3.8) is 0 Å².